The van der Waals surface area contributed by atoms with Gasteiger partial charge in [0.2, 0.25) is 0 Å². The molecule has 0 fully saturated rings. The van der Waals surface area contributed by atoms with E-state index in [1.165, 1.54) is 12.5 Å². The van der Waals surface area contributed by atoms with Crippen LogP contribution in [0.25, 0.3) is 0 Å². The van der Waals surface area contributed by atoms with E-state index < -0.39 is 15.6 Å². The zero-order valence-electron chi connectivity index (χ0n) is 16.3. The van der Waals surface area contributed by atoms with Gasteiger partial charge in [-0.1, -0.05) is 39.9 Å². The van der Waals surface area contributed by atoms with Crippen LogP contribution in [0, 0.1) is 25.7 Å². The molecule has 29 heavy (non-hydrogen) atoms. The average Bonchev–Trinajstić information content (AvgIpc) is 2.68. The molecule has 1 amide bonds. The third kappa shape index (κ3) is 5.41. The Morgan fingerprint density at radius 3 is 2.48 bits per heavy atom. The van der Waals surface area contributed by atoms with Crippen LogP contribution in [0.2, 0.25) is 0 Å². The van der Waals surface area contributed by atoms with Crippen molar-refractivity contribution in [2.45, 2.75) is 18.7 Å². The summed E-state index contributed by atoms with van der Waals surface area (Å²) in [6.07, 6.45) is 4.46. The zero-order valence-corrected chi connectivity index (χ0v) is 18.7. The van der Waals surface area contributed by atoms with Crippen molar-refractivity contribution in [2.75, 3.05) is 6.26 Å². The molecule has 1 unspecified atom stereocenters. The number of aryl methyl sites for hydroxylation is 2. The van der Waals surface area contributed by atoms with Gasteiger partial charge in [-0.2, -0.15) is 4.36 Å². The molecular formula is C23H19BrN2O2S. The Hall–Kier alpha value is -2.75. The Bertz CT molecular complexity index is 1280. The van der Waals surface area contributed by atoms with Crippen molar-refractivity contribution in [1.29, 1.82) is 0 Å². The highest BCUT2D eigenvalue weighted by atomic mass is 79.9. The number of hydrogen-bond acceptors (Lipinski definition) is 3. The summed E-state index contributed by atoms with van der Waals surface area (Å²) in [5.74, 6) is 5.45. The molecule has 0 N–H and O–H groups in total. The summed E-state index contributed by atoms with van der Waals surface area (Å²) in [6.45, 7) is 3.92. The van der Waals surface area contributed by atoms with Crippen LogP contribution in [-0.2, 0) is 9.73 Å². The van der Waals surface area contributed by atoms with Crippen LogP contribution in [0.5, 0.6) is 0 Å². The fourth-order valence-corrected chi connectivity index (χ4v) is 4.19. The van der Waals surface area contributed by atoms with Crippen LogP contribution < -0.4 is 0 Å². The number of hydrogen-bond donors (Lipinski definition) is 0. The highest BCUT2D eigenvalue weighted by molar-refractivity contribution is 9.10. The van der Waals surface area contributed by atoms with Gasteiger partial charge in [0.25, 0.3) is 5.91 Å². The van der Waals surface area contributed by atoms with E-state index in [0.717, 1.165) is 21.2 Å². The second-order valence-electron chi connectivity index (χ2n) is 6.67. The lowest BCUT2D eigenvalue weighted by Gasteiger charge is -2.07. The van der Waals surface area contributed by atoms with Crippen LogP contribution in [0.15, 0.2) is 74.7 Å². The molecule has 0 aliphatic carbocycles. The number of aromatic nitrogens is 1. The molecule has 0 aliphatic heterocycles. The standard InChI is InChI=1S/C23H19BrN2O2S/c1-16-7-10-22(11-17(16)2)29(3,28)26-23(27)20-12-19(14-25-15-20)9-8-18-5-4-6-21(24)13-18/h4-7,10-15H,1-3H3. The van der Waals surface area contributed by atoms with E-state index in [1.54, 1.807) is 18.3 Å². The van der Waals surface area contributed by atoms with Gasteiger partial charge in [0.05, 0.1) is 15.3 Å². The van der Waals surface area contributed by atoms with Gasteiger partial charge in [-0.3, -0.25) is 9.78 Å². The Morgan fingerprint density at radius 2 is 1.76 bits per heavy atom. The summed E-state index contributed by atoms with van der Waals surface area (Å²) >= 11 is 3.41. The number of halogens is 1. The second kappa shape index (κ2) is 8.73. The first-order valence-electron chi connectivity index (χ1n) is 8.81. The van der Waals surface area contributed by atoms with Gasteiger partial charge in [0, 0.05) is 39.1 Å². The fourth-order valence-electron chi connectivity index (χ4n) is 2.55. The Morgan fingerprint density at radius 1 is 1.00 bits per heavy atom. The number of benzene rings is 2. The maximum Gasteiger partial charge on any atom is 0.286 e. The maximum atomic E-state index is 13.0. The number of carbonyl (C=O) groups is 1. The summed E-state index contributed by atoms with van der Waals surface area (Å²) in [7, 11) is -2.86. The molecule has 146 valence electrons. The van der Waals surface area contributed by atoms with Crippen LogP contribution in [0.3, 0.4) is 0 Å². The van der Waals surface area contributed by atoms with Crippen LogP contribution >= 0.6 is 15.9 Å². The normalized spacial score (nSPS) is 12.4. The quantitative estimate of drug-likeness (QED) is 0.490. The van der Waals surface area contributed by atoms with Gasteiger partial charge in [-0.15, -0.1) is 0 Å². The zero-order chi connectivity index (χ0) is 21.0. The summed E-state index contributed by atoms with van der Waals surface area (Å²) in [5, 5.41) is 0. The maximum absolute atomic E-state index is 13.0. The number of nitrogens with zero attached hydrogens (tertiary/aromatic N) is 2. The number of amides is 1. The van der Waals surface area contributed by atoms with Crippen LogP contribution in [0.1, 0.15) is 32.6 Å². The van der Waals surface area contributed by atoms with Crippen LogP contribution in [-0.4, -0.2) is 21.4 Å². The minimum atomic E-state index is -2.86. The van der Waals surface area contributed by atoms with Crippen molar-refractivity contribution in [2.24, 2.45) is 4.36 Å². The molecule has 3 aromatic rings. The molecule has 0 saturated carbocycles. The summed E-state index contributed by atoms with van der Waals surface area (Å²) in [6, 6.07) is 14.7. The lowest BCUT2D eigenvalue weighted by atomic mass is 10.1. The molecular weight excluding hydrogens is 448 g/mol. The molecule has 0 spiro atoms. The van der Waals surface area contributed by atoms with Crippen LogP contribution in [0.4, 0.5) is 0 Å². The van der Waals surface area contributed by atoms with E-state index in [-0.39, 0.29) is 5.56 Å². The van der Waals surface area contributed by atoms with Gasteiger partial charge < -0.3 is 0 Å². The molecule has 0 saturated heterocycles. The third-order valence-electron chi connectivity index (χ3n) is 4.33. The van der Waals surface area contributed by atoms with Gasteiger partial charge in [0.1, 0.15) is 0 Å². The third-order valence-corrected chi connectivity index (χ3v) is 6.47. The van der Waals surface area contributed by atoms with E-state index in [0.29, 0.717) is 10.5 Å². The predicted octanol–water partition coefficient (Wildman–Crippen LogP) is 5.16. The molecule has 6 heteroatoms. The predicted molar refractivity (Wildman–Crippen MR) is 119 cm³/mol. The van der Waals surface area contributed by atoms with Crippen molar-refractivity contribution >= 4 is 31.6 Å². The van der Waals surface area contributed by atoms with Gasteiger partial charge in [0.15, 0.2) is 0 Å². The minimum absolute atomic E-state index is 0.254. The lowest BCUT2D eigenvalue weighted by Crippen LogP contribution is -2.05. The van der Waals surface area contributed by atoms with E-state index in [2.05, 4.69) is 37.1 Å². The monoisotopic (exact) mass is 466 g/mol. The molecule has 0 bridgehead atoms. The molecule has 0 aliphatic rings. The Kier molecular flexibility index (Phi) is 6.31. The Labute approximate surface area is 179 Å². The second-order valence-corrected chi connectivity index (χ2v) is 9.84. The largest absolute Gasteiger partial charge is 0.286 e. The van der Waals surface area contributed by atoms with Gasteiger partial charge in [-0.25, -0.2) is 4.21 Å². The summed E-state index contributed by atoms with van der Waals surface area (Å²) < 4.78 is 17.9. The van der Waals surface area contributed by atoms with Crippen molar-refractivity contribution in [1.82, 2.24) is 4.98 Å². The highest BCUT2D eigenvalue weighted by Gasteiger charge is 2.13. The SMILES string of the molecule is Cc1ccc(S(C)(=O)=NC(=O)c2cncc(C#Cc3cccc(Br)c3)c2)cc1C. The molecule has 3 rings (SSSR count). The minimum Gasteiger partial charge on any atom is -0.266 e. The van der Waals surface area contributed by atoms with Crippen molar-refractivity contribution in [3.05, 3.63) is 93.2 Å². The topological polar surface area (TPSA) is 59.4 Å². The average molecular weight is 467 g/mol. The number of carbonyl (C=O) groups excluding carboxylic acids is 1. The lowest BCUT2D eigenvalue weighted by molar-refractivity contribution is 0.100. The first-order chi connectivity index (χ1) is 13.7. The van der Waals surface area contributed by atoms with Crippen molar-refractivity contribution < 1.29 is 9.00 Å². The van der Waals surface area contributed by atoms with Gasteiger partial charge in [-0.05, 0) is 61.4 Å². The molecule has 2 aromatic carbocycles. The van der Waals surface area contributed by atoms with E-state index in [4.69, 9.17) is 0 Å². The van der Waals surface area contributed by atoms with E-state index in [1.807, 2.05) is 50.2 Å². The molecule has 1 atom stereocenters. The van der Waals surface area contributed by atoms with Crippen molar-refractivity contribution in [3.63, 3.8) is 0 Å². The molecule has 1 heterocycles. The van der Waals surface area contributed by atoms with E-state index >= 15 is 0 Å². The fraction of sp³-hybridized carbons (Fsp3) is 0.130. The summed E-state index contributed by atoms with van der Waals surface area (Å²) in [5.41, 5.74) is 3.78. The molecule has 0 radical (unpaired) electrons. The Balaban J connectivity index is 1.90. The van der Waals surface area contributed by atoms with Crippen molar-refractivity contribution in [3.8, 4) is 11.8 Å². The number of pyridine rings is 1. The molecule has 1 aromatic heterocycles. The van der Waals surface area contributed by atoms with Gasteiger partial charge >= 0.3 is 0 Å². The smallest absolute Gasteiger partial charge is 0.266 e. The molecule has 4 nitrogen and oxygen atoms in total. The first-order valence-corrected chi connectivity index (χ1v) is 11.5. The highest BCUT2D eigenvalue weighted by Crippen LogP contribution is 2.18. The summed E-state index contributed by atoms with van der Waals surface area (Å²) in [4.78, 5) is 17.2. The first kappa shape index (κ1) is 21.0. The number of rotatable bonds is 2. The van der Waals surface area contributed by atoms with E-state index in [9.17, 15) is 9.00 Å².